The Bertz CT molecular complexity index is 2690. The van der Waals surface area contributed by atoms with E-state index in [1.165, 1.54) is 66.8 Å². The van der Waals surface area contributed by atoms with Crippen molar-refractivity contribution in [3.05, 3.63) is 221 Å². The van der Waals surface area contributed by atoms with E-state index in [0.717, 1.165) is 27.5 Å². The van der Waals surface area contributed by atoms with E-state index in [0.29, 0.717) is 5.75 Å². The molecule has 1 unspecified atom stereocenters. The highest BCUT2D eigenvalue weighted by atomic mass is 16.3. The van der Waals surface area contributed by atoms with Crippen LogP contribution in [-0.2, 0) is 5.41 Å². The van der Waals surface area contributed by atoms with E-state index in [9.17, 15) is 5.11 Å². The Hall–Kier alpha value is -6.44. The number of benzene rings is 7. The Morgan fingerprint density at radius 2 is 1.08 bits per heavy atom. The van der Waals surface area contributed by atoms with Gasteiger partial charge in [0.25, 0.3) is 0 Å². The molecule has 0 radical (unpaired) electrons. The molecule has 0 aromatic heterocycles. The minimum atomic E-state index is -0.403. The van der Waals surface area contributed by atoms with Crippen LogP contribution in [-0.4, -0.2) is 5.11 Å². The second kappa shape index (κ2) is 10.5. The maximum atomic E-state index is 11.6. The molecule has 1 nitrogen and oxygen atoms in total. The van der Waals surface area contributed by atoms with Crippen LogP contribution in [0.2, 0.25) is 0 Å². The Morgan fingerprint density at radius 3 is 1.78 bits per heavy atom. The van der Waals surface area contributed by atoms with Crippen LogP contribution in [0.5, 0.6) is 5.75 Å². The number of rotatable bonds is 3. The van der Waals surface area contributed by atoms with Crippen molar-refractivity contribution in [1.29, 1.82) is 0 Å². The first kappa shape index (κ1) is 28.4. The molecule has 238 valence electrons. The fraction of sp³-hybridized carbons (Fsp3) is 0.0400. The van der Waals surface area contributed by atoms with Gasteiger partial charge in [0, 0.05) is 11.3 Å². The van der Waals surface area contributed by atoms with Crippen LogP contribution in [0, 0.1) is 5.92 Å². The van der Waals surface area contributed by atoms with Crippen molar-refractivity contribution in [3.63, 3.8) is 0 Å². The van der Waals surface area contributed by atoms with Gasteiger partial charge in [0.2, 0.25) is 0 Å². The molecule has 1 N–H and O–H groups in total. The van der Waals surface area contributed by atoms with E-state index < -0.39 is 5.41 Å². The minimum absolute atomic E-state index is 0.125. The molecule has 4 aliphatic carbocycles. The summed E-state index contributed by atoms with van der Waals surface area (Å²) in [7, 11) is 0. The normalized spacial score (nSPS) is 16.9. The van der Waals surface area contributed by atoms with Gasteiger partial charge in [0.05, 0.1) is 5.41 Å². The summed E-state index contributed by atoms with van der Waals surface area (Å²) in [4.78, 5) is 0. The average Bonchev–Trinajstić information content (AvgIpc) is 3.85. The molecule has 0 saturated carbocycles. The highest BCUT2D eigenvalue weighted by molar-refractivity contribution is 6.08. The third-order valence-electron chi connectivity index (χ3n) is 11.7. The topological polar surface area (TPSA) is 20.2 Å². The fourth-order valence-corrected chi connectivity index (χ4v) is 9.66. The van der Waals surface area contributed by atoms with Crippen molar-refractivity contribution in [2.75, 3.05) is 0 Å². The number of fused-ring (bicyclic) bond motifs is 12. The van der Waals surface area contributed by atoms with Gasteiger partial charge in [-0.05, 0) is 101 Å². The molecule has 51 heavy (non-hydrogen) atoms. The predicted octanol–water partition coefficient (Wildman–Crippen LogP) is 12.1. The van der Waals surface area contributed by atoms with Crippen LogP contribution in [0.4, 0.5) is 0 Å². The molecule has 0 heterocycles. The lowest BCUT2D eigenvalue weighted by Gasteiger charge is -2.30. The SMILES string of the molecule is Oc1ccc(-c2ccc3c(c2)C2(c4ccccc4-c4ccccc42)c2ccccc2-3)c2cccc(C3=CC=CC4=C(c5ccccc5)C=CC34)c12. The van der Waals surface area contributed by atoms with E-state index in [1.807, 2.05) is 6.07 Å². The summed E-state index contributed by atoms with van der Waals surface area (Å²) < 4.78 is 0. The van der Waals surface area contributed by atoms with Gasteiger partial charge in [0.15, 0.2) is 0 Å². The third-order valence-corrected chi connectivity index (χ3v) is 11.7. The van der Waals surface area contributed by atoms with Gasteiger partial charge in [0.1, 0.15) is 5.75 Å². The molecule has 7 aromatic carbocycles. The summed E-state index contributed by atoms with van der Waals surface area (Å²) in [5.41, 5.74) is 18.5. The third kappa shape index (κ3) is 3.75. The summed E-state index contributed by atoms with van der Waals surface area (Å²) in [5.74, 6) is 0.430. The van der Waals surface area contributed by atoms with Crippen LogP contribution >= 0.6 is 0 Å². The predicted molar refractivity (Wildman–Crippen MR) is 210 cm³/mol. The molecular formula is C50H32O. The second-order valence-electron chi connectivity index (χ2n) is 14.1. The Kier molecular flexibility index (Phi) is 5.86. The minimum Gasteiger partial charge on any atom is -0.507 e. The molecule has 7 aromatic rings. The number of phenolic OH excluding ortho intramolecular Hbond substituents is 1. The second-order valence-corrected chi connectivity index (χ2v) is 14.1. The Balaban J connectivity index is 1.11. The molecule has 0 fully saturated rings. The lowest BCUT2D eigenvalue weighted by Crippen LogP contribution is -2.25. The van der Waals surface area contributed by atoms with Crippen molar-refractivity contribution >= 4 is 21.9 Å². The summed E-state index contributed by atoms with van der Waals surface area (Å²) >= 11 is 0. The van der Waals surface area contributed by atoms with Gasteiger partial charge >= 0.3 is 0 Å². The maximum Gasteiger partial charge on any atom is 0.124 e. The molecule has 4 aliphatic rings. The van der Waals surface area contributed by atoms with Crippen LogP contribution in [0.3, 0.4) is 0 Å². The first-order valence-corrected chi connectivity index (χ1v) is 17.8. The molecule has 0 aliphatic heterocycles. The van der Waals surface area contributed by atoms with Crippen molar-refractivity contribution in [2.24, 2.45) is 5.92 Å². The molecule has 1 heteroatoms. The molecule has 0 saturated heterocycles. The van der Waals surface area contributed by atoms with E-state index >= 15 is 0 Å². The smallest absolute Gasteiger partial charge is 0.124 e. The maximum absolute atomic E-state index is 11.6. The van der Waals surface area contributed by atoms with Crippen molar-refractivity contribution in [3.8, 4) is 39.1 Å². The molecule has 0 amide bonds. The summed E-state index contributed by atoms with van der Waals surface area (Å²) in [6.45, 7) is 0. The van der Waals surface area contributed by atoms with Gasteiger partial charge in [-0.1, -0.05) is 170 Å². The van der Waals surface area contributed by atoms with Gasteiger partial charge in [-0.2, -0.15) is 0 Å². The van der Waals surface area contributed by atoms with Crippen molar-refractivity contribution < 1.29 is 5.11 Å². The van der Waals surface area contributed by atoms with Crippen molar-refractivity contribution in [1.82, 2.24) is 0 Å². The van der Waals surface area contributed by atoms with Gasteiger partial charge < -0.3 is 5.11 Å². The fourth-order valence-electron chi connectivity index (χ4n) is 9.66. The Labute approximate surface area is 297 Å². The number of hydrogen-bond acceptors (Lipinski definition) is 1. The lowest BCUT2D eigenvalue weighted by molar-refractivity contribution is 0.481. The molecule has 1 spiro atoms. The quantitative estimate of drug-likeness (QED) is 0.202. The zero-order valence-electron chi connectivity index (χ0n) is 27.8. The summed E-state index contributed by atoms with van der Waals surface area (Å²) in [6, 6.07) is 55.0. The van der Waals surface area contributed by atoms with E-state index in [2.05, 4.69) is 176 Å². The molecule has 0 bridgehead atoms. The van der Waals surface area contributed by atoms with Crippen LogP contribution in [0.25, 0.3) is 55.3 Å². The summed E-state index contributed by atoms with van der Waals surface area (Å²) in [5, 5.41) is 13.6. The van der Waals surface area contributed by atoms with E-state index in [-0.39, 0.29) is 5.92 Å². The van der Waals surface area contributed by atoms with Gasteiger partial charge in [-0.15, -0.1) is 0 Å². The highest BCUT2D eigenvalue weighted by Crippen LogP contribution is 2.63. The number of hydrogen-bond donors (Lipinski definition) is 1. The van der Waals surface area contributed by atoms with Crippen LogP contribution in [0.1, 0.15) is 33.4 Å². The first-order chi connectivity index (χ1) is 25.2. The molecule has 1 atom stereocenters. The zero-order valence-corrected chi connectivity index (χ0v) is 27.8. The van der Waals surface area contributed by atoms with E-state index in [1.54, 1.807) is 0 Å². The van der Waals surface area contributed by atoms with Crippen LogP contribution in [0.15, 0.2) is 188 Å². The zero-order chi connectivity index (χ0) is 33.7. The summed E-state index contributed by atoms with van der Waals surface area (Å²) in [6.07, 6.45) is 11.2. The van der Waals surface area contributed by atoms with Crippen LogP contribution < -0.4 is 0 Å². The first-order valence-electron chi connectivity index (χ1n) is 17.8. The highest BCUT2D eigenvalue weighted by Gasteiger charge is 2.51. The standard InChI is InChI=1S/C50H32O/c51-48-29-28-34(42-19-11-20-43(49(42)48)36-18-10-17-35-33(26-27-37(35)36)31-12-2-1-3-13-31)32-24-25-41-40-16-6-9-23-46(40)50(47(41)30-32)44-21-7-4-14-38(44)39-15-5-8-22-45(39)50/h1-30,37,51H. The van der Waals surface area contributed by atoms with Gasteiger partial charge in [-0.25, -0.2) is 0 Å². The Morgan fingerprint density at radius 1 is 0.471 bits per heavy atom. The van der Waals surface area contributed by atoms with Gasteiger partial charge in [-0.3, -0.25) is 0 Å². The largest absolute Gasteiger partial charge is 0.507 e. The van der Waals surface area contributed by atoms with E-state index in [4.69, 9.17) is 0 Å². The number of allylic oxidation sites excluding steroid dienone is 8. The molecule has 11 rings (SSSR count). The average molecular weight is 649 g/mol. The lowest BCUT2D eigenvalue weighted by atomic mass is 9.70. The monoisotopic (exact) mass is 648 g/mol. The number of aromatic hydroxyl groups is 1. The number of phenols is 1. The molecular weight excluding hydrogens is 617 g/mol. The van der Waals surface area contributed by atoms with Crippen molar-refractivity contribution in [2.45, 2.75) is 5.41 Å².